The van der Waals surface area contributed by atoms with Crippen LogP contribution in [-0.2, 0) is 22.7 Å². The quantitative estimate of drug-likeness (QED) is 0.375. The second kappa shape index (κ2) is 8.91. The summed E-state index contributed by atoms with van der Waals surface area (Å²) in [5, 5.41) is 19.0. The van der Waals surface area contributed by atoms with E-state index in [1.165, 1.54) is 0 Å². The van der Waals surface area contributed by atoms with Gasteiger partial charge in [-0.15, -0.1) is 10.2 Å². The van der Waals surface area contributed by atoms with E-state index in [0.717, 1.165) is 48.8 Å². The minimum Gasteiger partial charge on any atom is -0.345 e. The SMILES string of the molecule is N#Cc1cc2c3c(c1)c(C1=C(c4nnc5ccccn45)C(=O)CC1=O)cn3CCN(C(=O)N1CCCCC1)C2. The minimum atomic E-state index is -0.295. The van der Waals surface area contributed by atoms with Crippen molar-refractivity contribution >= 4 is 45.3 Å². The molecule has 1 fully saturated rings. The number of ketones is 2. The first-order valence-corrected chi connectivity index (χ1v) is 13.2. The Morgan fingerprint density at radius 3 is 2.56 bits per heavy atom. The van der Waals surface area contributed by atoms with Gasteiger partial charge in [0, 0.05) is 61.6 Å². The van der Waals surface area contributed by atoms with Crippen LogP contribution in [0.3, 0.4) is 0 Å². The van der Waals surface area contributed by atoms with Crippen molar-refractivity contribution in [2.24, 2.45) is 0 Å². The highest BCUT2D eigenvalue weighted by Crippen LogP contribution is 2.40. The molecule has 0 spiro atoms. The van der Waals surface area contributed by atoms with Crippen LogP contribution in [0.2, 0.25) is 0 Å². The third-order valence-electron chi connectivity index (χ3n) is 7.98. The van der Waals surface area contributed by atoms with E-state index in [9.17, 15) is 19.6 Å². The summed E-state index contributed by atoms with van der Waals surface area (Å²) in [5.41, 5.74) is 3.92. The van der Waals surface area contributed by atoms with Gasteiger partial charge >= 0.3 is 6.03 Å². The van der Waals surface area contributed by atoms with Gasteiger partial charge in [-0.25, -0.2) is 4.79 Å². The maximum absolute atomic E-state index is 13.4. The standard InChI is InChI=1S/C29H25N7O3/c30-15-18-12-19-16-35(29(39)33-7-3-1-4-8-33)11-10-34-17-21(20(13-18)27(19)34)25-22(37)14-23(38)26(25)28-32-31-24-6-2-5-9-36(24)28/h2,5-6,9,12-13,17H,1,3-4,7-8,10-11,14,16H2. The molecule has 0 radical (unpaired) electrons. The molecule has 0 N–H and O–H groups in total. The predicted octanol–water partition coefficient (Wildman–Crippen LogP) is 3.43. The van der Waals surface area contributed by atoms with Crippen LogP contribution in [0.1, 0.15) is 48.2 Å². The Labute approximate surface area is 223 Å². The summed E-state index contributed by atoms with van der Waals surface area (Å²) in [6.45, 7) is 2.95. The number of carbonyl (C=O) groups excluding carboxylic acids is 3. The van der Waals surface area contributed by atoms with Gasteiger partial charge in [-0.2, -0.15) is 5.26 Å². The molecule has 2 amide bonds. The van der Waals surface area contributed by atoms with E-state index in [0.29, 0.717) is 47.8 Å². The van der Waals surface area contributed by atoms with Gasteiger partial charge in [0.05, 0.1) is 29.1 Å². The molecule has 4 aromatic rings. The van der Waals surface area contributed by atoms with Crippen LogP contribution in [-0.4, -0.2) is 66.2 Å². The number of benzene rings is 1. The van der Waals surface area contributed by atoms with Crippen LogP contribution >= 0.6 is 0 Å². The summed E-state index contributed by atoms with van der Waals surface area (Å²) in [7, 11) is 0. The highest BCUT2D eigenvalue weighted by atomic mass is 16.2. The van der Waals surface area contributed by atoms with Crippen LogP contribution in [0.25, 0.3) is 27.7 Å². The average molecular weight is 520 g/mol. The number of amides is 2. The Morgan fingerprint density at radius 2 is 1.74 bits per heavy atom. The highest BCUT2D eigenvalue weighted by Gasteiger charge is 2.37. The van der Waals surface area contributed by atoms with Crippen LogP contribution in [0, 0.1) is 11.3 Å². The number of Topliss-reactive ketones (excluding diaryl/α,β-unsaturated/α-hetero) is 2. The fraction of sp³-hybridized carbons (Fsp3) is 0.310. The number of rotatable bonds is 2. The van der Waals surface area contributed by atoms with Crippen molar-refractivity contribution < 1.29 is 14.4 Å². The van der Waals surface area contributed by atoms with E-state index in [1.807, 2.05) is 38.8 Å². The Kier molecular flexibility index (Phi) is 5.33. The number of hydrogen-bond acceptors (Lipinski definition) is 6. The van der Waals surface area contributed by atoms with Crippen molar-refractivity contribution in [3.05, 3.63) is 65.2 Å². The molecular formula is C29H25N7O3. The maximum Gasteiger partial charge on any atom is 0.320 e. The largest absolute Gasteiger partial charge is 0.345 e. The maximum atomic E-state index is 13.4. The first-order chi connectivity index (χ1) is 19.0. The third kappa shape index (κ3) is 3.65. The molecule has 1 saturated heterocycles. The van der Waals surface area contributed by atoms with Crippen LogP contribution in [0.5, 0.6) is 0 Å². The molecule has 0 saturated carbocycles. The van der Waals surface area contributed by atoms with Gasteiger partial charge in [-0.05, 0) is 49.1 Å². The lowest BCUT2D eigenvalue weighted by Crippen LogP contribution is -2.45. The van der Waals surface area contributed by atoms with Gasteiger partial charge in [-0.3, -0.25) is 14.0 Å². The highest BCUT2D eigenvalue weighted by molar-refractivity contribution is 6.51. The molecule has 3 aliphatic rings. The van der Waals surface area contributed by atoms with E-state index in [1.54, 1.807) is 22.7 Å². The summed E-state index contributed by atoms with van der Waals surface area (Å²) in [6, 6.07) is 11.3. The molecule has 1 aliphatic carbocycles. The number of nitrogens with zero attached hydrogens (tertiary/aromatic N) is 7. The zero-order chi connectivity index (χ0) is 26.7. The first-order valence-electron chi connectivity index (χ1n) is 13.2. The van der Waals surface area contributed by atoms with Gasteiger partial charge in [0.25, 0.3) is 0 Å². The Hall–Kier alpha value is -4.78. The molecule has 2 aliphatic heterocycles. The summed E-state index contributed by atoms with van der Waals surface area (Å²) in [5.74, 6) is -0.236. The molecule has 194 valence electrons. The van der Waals surface area contributed by atoms with Crippen LogP contribution < -0.4 is 0 Å². The summed E-state index contributed by atoms with van der Waals surface area (Å²) in [4.78, 5) is 43.7. The van der Waals surface area contributed by atoms with Gasteiger partial charge in [0.1, 0.15) is 0 Å². The average Bonchev–Trinajstić information content (AvgIpc) is 3.58. The van der Waals surface area contributed by atoms with Crippen molar-refractivity contribution in [2.75, 3.05) is 19.6 Å². The summed E-state index contributed by atoms with van der Waals surface area (Å²) < 4.78 is 3.76. The zero-order valence-electron chi connectivity index (χ0n) is 21.3. The monoisotopic (exact) mass is 519 g/mol. The number of likely N-dealkylation sites (tertiary alicyclic amines) is 1. The molecule has 7 rings (SSSR count). The number of hydrogen-bond donors (Lipinski definition) is 0. The molecule has 10 heteroatoms. The third-order valence-corrected chi connectivity index (χ3v) is 7.98. The van der Waals surface area contributed by atoms with E-state index in [4.69, 9.17) is 0 Å². The van der Waals surface area contributed by atoms with Gasteiger partial charge in [0.15, 0.2) is 23.0 Å². The lowest BCUT2D eigenvalue weighted by Gasteiger charge is -2.32. The molecule has 5 heterocycles. The molecule has 0 atom stereocenters. The Balaban J connectivity index is 1.39. The molecule has 0 unspecified atom stereocenters. The van der Waals surface area contributed by atoms with E-state index in [-0.39, 0.29) is 29.6 Å². The lowest BCUT2D eigenvalue weighted by atomic mass is 9.97. The number of pyridine rings is 1. The summed E-state index contributed by atoms with van der Waals surface area (Å²) in [6.07, 6.45) is 6.60. The molecular weight excluding hydrogens is 494 g/mol. The van der Waals surface area contributed by atoms with E-state index >= 15 is 0 Å². The molecule has 10 nitrogen and oxygen atoms in total. The van der Waals surface area contributed by atoms with Crippen molar-refractivity contribution in [3.63, 3.8) is 0 Å². The number of fused-ring (bicyclic) bond motifs is 1. The van der Waals surface area contributed by atoms with Crippen molar-refractivity contribution in [1.82, 2.24) is 29.0 Å². The number of carbonyl (C=O) groups is 3. The second-order valence-corrected chi connectivity index (χ2v) is 10.4. The Morgan fingerprint density at radius 1 is 0.923 bits per heavy atom. The van der Waals surface area contributed by atoms with E-state index in [2.05, 4.69) is 16.3 Å². The number of piperidine rings is 1. The molecule has 0 bridgehead atoms. The molecule has 1 aromatic carbocycles. The number of urea groups is 1. The van der Waals surface area contributed by atoms with E-state index < -0.39 is 0 Å². The lowest BCUT2D eigenvalue weighted by molar-refractivity contribution is -0.119. The van der Waals surface area contributed by atoms with Crippen molar-refractivity contribution in [3.8, 4) is 6.07 Å². The zero-order valence-corrected chi connectivity index (χ0v) is 21.3. The predicted molar refractivity (Wildman–Crippen MR) is 142 cm³/mol. The normalized spacial score (nSPS) is 17.8. The molecule has 39 heavy (non-hydrogen) atoms. The number of nitriles is 1. The molecule has 3 aromatic heterocycles. The Bertz CT molecular complexity index is 1780. The fourth-order valence-corrected chi connectivity index (χ4v) is 6.19. The van der Waals surface area contributed by atoms with Gasteiger partial charge in [0.2, 0.25) is 0 Å². The van der Waals surface area contributed by atoms with Crippen molar-refractivity contribution in [1.29, 1.82) is 5.26 Å². The van der Waals surface area contributed by atoms with Crippen LogP contribution in [0.4, 0.5) is 4.79 Å². The number of aromatic nitrogens is 4. The minimum absolute atomic E-state index is 0.0245. The second-order valence-electron chi connectivity index (χ2n) is 10.4. The van der Waals surface area contributed by atoms with Crippen molar-refractivity contribution in [2.45, 2.75) is 38.8 Å². The smallest absolute Gasteiger partial charge is 0.320 e. The first kappa shape index (κ1) is 23.3. The fourth-order valence-electron chi connectivity index (χ4n) is 6.19. The summed E-state index contributed by atoms with van der Waals surface area (Å²) >= 11 is 0. The van der Waals surface area contributed by atoms with Crippen LogP contribution in [0.15, 0.2) is 42.7 Å². The van der Waals surface area contributed by atoms with Gasteiger partial charge in [-0.1, -0.05) is 6.07 Å². The van der Waals surface area contributed by atoms with Gasteiger partial charge < -0.3 is 14.4 Å². The number of allylic oxidation sites excluding steroid dienone is 2. The topological polar surface area (TPSA) is 117 Å².